The lowest BCUT2D eigenvalue weighted by atomic mass is 10.2. The fourth-order valence-corrected chi connectivity index (χ4v) is 1.66. The molecule has 0 fully saturated rings. The van der Waals surface area contributed by atoms with E-state index in [1.165, 1.54) is 17.8 Å². The summed E-state index contributed by atoms with van der Waals surface area (Å²) in [5, 5.41) is 8.30. The molecule has 9 nitrogen and oxygen atoms in total. The van der Waals surface area contributed by atoms with Gasteiger partial charge in [-0.15, -0.1) is 0 Å². The number of fused-ring (bicyclic) bond motifs is 1. The molecular weight excluding hydrogens is 278 g/mol. The van der Waals surface area contributed by atoms with Gasteiger partial charge in [0.15, 0.2) is 12.3 Å². The number of ether oxygens (including phenoxy) is 1. The van der Waals surface area contributed by atoms with Gasteiger partial charge in [0.25, 0.3) is 5.91 Å². The zero-order chi connectivity index (χ0) is 15.4. The van der Waals surface area contributed by atoms with Crippen LogP contribution in [0, 0.1) is 6.92 Å². The summed E-state index contributed by atoms with van der Waals surface area (Å²) >= 11 is 0. The van der Waals surface area contributed by atoms with Gasteiger partial charge in [-0.05, 0) is 13.0 Å². The number of hydrogen-bond donors (Lipinski definition) is 2. The van der Waals surface area contributed by atoms with Crippen LogP contribution in [0.2, 0.25) is 0 Å². The molecule has 21 heavy (non-hydrogen) atoms. The fourth-order valence-electron chi connectivity index (χ4n) is 1.66. The minimum Gasteiger partial charge on any atom is -0.452 e. The summed E-state index contributed by atoms with van der Waals surface area (Å²) in [7, 11) is 1.36. The summed E-state index contributed by atoms with van der Waals surface area (Å²) in [6.45, 7) is 1.06. The number of nitrogens with zero attached hydrogens (tertiary/aromatic N) is 3. The maximum atomic E-state index is 12.0. The predicted molar refractivity (Wildman–Crippen MR) is 70.6 cm³/mol. The molecule has 0 aliphatic heterocycles. The molecule has 0 unspecified atom stereocenters. The summed E-state index contributed by atoms with van der Waals surface area (Å²) in [6.07, 6.45) is 3.16. The van der Waals surface area contributed by atoms with Gasteiger partial charge in [-0.1, -0.05) is 0 Å². The first kappa shape index (κ1) is 14.4. The van der Waals surface area contributed by atoms with Crippen LogP contribution in [-0.2, 0) is 9.53 Å². The topological polar surface area (TPSA) is 115 Å². The van der Waals surface area contributed by atoms with Crippen molar-refractivity contribution < 1.29 is 19.1 Å². The van der Waals surface area contributed by atoms with Crippen molar-refractivity contribution in [3.05, 3.63) is 29.7 Å². The number of esters is 1. The standard InChI is InChI=1S/C12H13N5O4/c1-7-9(10-14-4-3-5-17(10)16-7)11(19)21-6-8(18)15-12(20)13-2/h3-5H,6H2,1-2H3,(H2,13,15,18,20). The molecule has 0 radical (unpaired) electrons. The Morgan fingerprint density at radius 2 is 2.14 bits per heavy atom. The number of aromatic nitrogens is 3. The highest BCUT2D eigenvalue weighted by atomic mass is 16.5. The van der Waals surface area contributed by atoms with Gasteiger partial charge in [-0.25, -0.2) is 19.1 Å². The lowest BCUT2D eigenvalue weighted by Crippen LogP contribution is -2.39. The van der Waals surface area contributed by atoms with E-state index in [1.807, 2.05) is 5.32 Å². The maximum absolute atomic E-state index is 12.0. The van der Waals surface area contributed by atoms with Gasteiger partial charge in [0, 0.05) is 19.4 Å². The van der Waals surface area contributed by atoms with Gasteiger partial charge in [0.1, 0.15) is 5.56 Å². The molecule has 0 bridgehead atoms. The van der Waals surface area contributed by atoms with E-state index in [0.29, 0.717) is 11.3 Å². The van der Waals surface area contributed by atoms with Crippen molar-refractivity contribution in [3.8, 4) is 0 Å². The largest absolute Gasteiger partial charge is 0.452 e. The van der Waals surface area contributed by atoms with E-state index in [9.17, 15) is 14.4 Å². The summed E-state index contributed by atoms with van der Waals surface area (Å²) in [5.41, 5.74) is 0.959. The van der Waals surface area contributed by atoms with Crippen LogP contribution in [0.4, 0.5) is 4.79 Å². The monoisotopic (exact) mass is 291 g/mol. The number of carbonyl (C=O) groups is 3. The second-order valence-electron chi connectivity index (χ2n) is 4.05. The molecule has 0 aromatic carbocycles. The van der Waals surface area contributed by atoms with E-state index in [0.717, 1.165) is 0 Å². The molecule has 3 amide bonds. The van der Waals surface area contributed by atoms with Crippen LogP contribution in [0.15, 0.2) is 18.5 Å². The first-order chi connectivity index (χ1) is 10.0. The molecule has 2 aromatic heterocycles. The van der Waals surface area contributed by atoms with Crippen LogP contribution in [0.5, 0.6) is 0 Å². The van der Waals surface area contributed by atoms with Crippen molar-refractivity contribution in [2.45, 2.75) is 6.92 Å². The van der Waals surface area contributed by atoms with Crippen molar-refractivity contribution in [2.75, 3.05) is 13.7 Å². The van der Waals surface area contributed by atoms with Crippen molar-refractivity contribution >= 4 is 23.6 Å². The van der Waals surface area contributed by atoms with E-state index in [2.05, 4.69) is 15.4 Å². The highest BCUT2D eigenvalue weighted by Crippen LogP contribution is 2.13. The van der Waals surface area contributed by atoms with Gasteiger partial charge in [-0.2, -0.15) is 5.10 Å². The summed E-state index contributed by atoms with van der Waals surface area (Å²) < 4.78 is 6.30. The lowest BCUT2D eigenvalue weighted by Gasteiger charge is -2.04. The van der Waals surface area contributed by atoms with Gasteiger partial charge < -0.3 is 10.1 Å². The molecule has 2 rings (SSSR count). The minimum atomic E-state index is -0.732. The van der Waals surface area contributed by atoms with E-state index >= 15 is 0 Å². The number of aryl methyl sites for hydroxylation is 1. The van der Waals surface area contributed by atoms with Gasteiger partial charge >= 0.3 is 12.0 Å². The van der Waals surface area contributed by atoms with Crippen LogP contribution >= 0.6 is 0 Å². The molecule has 2 N–H and O–H groups in total. The molecule has 0 aliphatic carbocycles. The number of hydrogen-bond acceptors (Lipinski definition) is 6. The van der Waals surface area contributed by atoms with Crippen molar-refractivity contribution in [3.63, 3.8) is 0 Å². The molecule has 0 saturated heterocycles. The molecule has 2 aromatic rings. The highest BCUT2D eigenvalue weighted by Gasteiger charge is 2.20. The molecule has 2 heterocycles. The number of rotatable bonds is 3. The summed E-state index contributed by atoms with van der Waals surface area (Å²) in [5.74, 6) is -1.46. The van der Waals surface area contributed by atoms with Crippen LogP contribution in [-0.4, -0.2) is 46.2 Å². The number of urea groups is 1. The maximum Gasteiger partial charge on any atom is 0.344 e. The Hall–Kier alpha value is -2.97. The quantitative estimate of drug-likeness (QED) is 0.747. The van der Waals surface area contributed by atoms with Gasteiger partial charge in [0.2, 0.25) is 0 Å². The van der Waals surface area contributed by atoms with E-state index < -0.39 is 24.5 Å². The number of imide groups is 1. The van der Waals surface area contributed by atoms with Gasteiger partial charge in [-0.3, -0.25) is 10.1 Å². The van der Waals surface area contributed by atoms with Crippen molar-refractivity contribution in [2.24, 2.45) is 0 Å². The van der Waals surface area contributed by atoms with Gasteiger partial charge in [0.05, 0.1) is 5.69 Å². The normalized spacial score (nSPS) is 10.2. The number of nitrogens with one attached hydrogen (secondary N) is 2. The first-order valence-corrected chi connectivity index (χ1v) is 6.01. The van der Waals surface area contributed by atoms with Crippen LogP contribution in [0.1, 0.15) is 16.1 Å². The average molecular weight is 291 g/mol. The Morgan fingerprint density at radius 1 is 1.38 bits per heavy atom. The Labute approximate surface area is 119 Å². The van der Waals surface area contributed by atoms with Crippen LogP contribution in [0.25, 0.3) is 5.65 Å². The first-order valence-electron chi connectivity index (χ1n) is 6.01. The molecular formula is C12H13N5O4. The van der Waals surface area contributed by atoms with Crippen LogP contribution < -0.4 is 10.6 Å². The third-order valence-electron chi connectivity index (χ3n) is 2.59. The minimum absolute atomic E-state index is 0.184. The second-order valence-corrected chi connectivity index (χ2v) is 4.05. The Balaban J connectivity index is 2.08. The van der Waals surface area contributed by atoms with E-state index in [1.54, 1.807) is 19.2 Å². The van der Waals surface area contributed by atoms with E-state index in [-0.39, 0.29) is 5.56 Å². The molecule has 0 spiro atoms. The fraction of sp³-hybridized carbons (Fsp3) is 0.250. The third kappa shape index (κ3) is 3.14. The Morgan fingerprint density at radius 3 is 2.86 bits per heavy atom. The molecule has 110 valence electrons. The smallest absolute Gasteiger partial charge is 0.344 e. The SMILES string of the molecule is CNC(=O)NC(=O)COC(=O)c1c(C)nn2cccnc12. The molecule has 0 aliphatic rings. The summed E-state index contributed by atoms with van der Waals surface area (Å²) in [6, 6.07) is 0.996. The average Bonchev–Trinajstić information content (AvgIpc) is 2.80. The number of carbonyl (C=O) groups excluding carboxylic acids is 3. The van der Waals surface area contributed by atoms with Crippen LogP contribution in [0.3, 0.4) is 0 Å². The van der Waals surface area contributed by atoms with Crippen molar-refractivity contribution in [1.29, 1.82) is 0 Å². The summed E-state index contributed by atoms with van der Waals surface area (Å²) in [4.78, 5) is 38.3. The molecule has 0 atom stereocenters. The second kappa shape index (κ2) is 5.99. The Bertz CT molecular complexity index is 709. The number of amides is 3. The predicted octanol–water partition coefficient (Wildman–Crippen LogP) is -0.350. The zero-order valence-corrected chi connectivity index (χ0v) is 11.4. The zero-order valence-electron chi connectivity index (χ0n) is 11.4. The lowest BCUT2D eigenvalue weighted by molar-refractivity contribution is -0.123. The Kier molecular flexibility index (Phi) is 4.12. The van der Waals surface area contributed by atoms with E-state index in [4.69, 9.17) is 4.74 Å². The molecule has 0 saturated carbocycles. The highest BCUT2D eigenvalue weighted by molar-refractivity contribution is 5.99. The molecule has 9 heteroatoms. The third-order valence-corrected chi connectivity index (χ3v) is 2.59. The van der Waals surface area contributed by atoms with Crippen molar-refractivity contribution in [1.82, 2.24) is 25.2 Å².